The molecule has 0 bridgehead atoms. The minimum absolute atomic E-state index is 0.0603. The Labute approximate surface area is 200 Å². The average molecular weight is 471 g/mol. The fourth-order valence-electron chi connectivity index (χ4n) is 4.44. The molecule has 1 fully saturated rings. The lowest BCUT2D eigenvalue weighted by Gasteiger charge is -2.28. The van der Waals surface area contributed by atoms with Crippen molar-refractivity contribution in [3.05, 3.63) is 69.2 Å². The van der Waals surface area contributed by atoms with Gasteiger partial charge in [0, 0.05) is 18.1 Å². The van der Waals surface area contributed by atoms with E-state index in [1.807, 2.05) is 19.9 Å². The zero-order valence-electron chi connectivity index (χ0n) is 19.8. The smallest absolute Gasteiger partial charge is 0.295 e. The molecule has 7 heteroatoms. The largest absolute Gasteiger partial charge is 0.507 e. The monoisotopic (exact) mass is 470 g/mol. The zero-order chi connectivity index (χ0) is 24.3. The number of aryl methyl sites for hydroxylation is 2. The van der Waals surface area contributed by atoms with Crippen LogP contribution in [-0.2, 0) is 9.59 Å². The van der Waals surface area contributed by atoms with Crippen LogP contribution >= 0.6 is 11.6 Å². The number of ether oxygens (including phenoxy) is 1. The molecule has 33 heavy (non-hydrogen) atoms. The maximum absolute atomic E-state index is 13.2. The molecule has 3 rings (SSSR count). The second kappa shape index (κ2) is 10.4. The number of benzene rings is 2. The topological polar surface area (TPSA) is 70.1 Å². The van der Waals surface area contributed by atoms with Gasteiger partial charge in [-0.3, -0.25) is 9.59 Å². The number of likely N-dealkylation sites (N-methyl/N-ethyl adjacent to an activating group) is 1. The predicted molar refractivity (Wildman–Crippen MR) is 131 cm³/mol. The van der Waals surface area contributed by atoms with Crippen LogP contribution < -0.4 is 4.74 Å². The Morgan fingerprint density at radius 3 is 2.33 bits per heavy atom. The van der Waals surface area contributed by atoms with E-state index in [1.165, 1.54) is 7.11 Å². The lowest BCUT2D eigenvalue weighted by Crippen LogP contribution is -2.38. The van der Waals surface area contributed by atoms with Crippen molar-refractivity contribution in [1.82, 2.24) is 9.80 Å². The molecule has 1 atom stereocenters. The summed E-state index contributed by atoms with van der Waals surface area (Å²) in [5, 5.41) is 12.0. The van der Waals surface area contributed by atoms with Gasteiger partial charge in [0.25, 0.3) is 11.7 Å². The fraction of sp³-hybridized carbons (Fsp3) is 0.385. The number of likely N-dealkylation sites (tertiary alicyclic amines) is 1. The Hall–Kier alpha value is -2.83. The van der Waals surface area contributed by atoms with Gasteiger partial charge in [0.1, 0.15) is 11.5 Å². The molecule has 2 aromatic rings. The normalized spacial score (nSPS) is 17.8. The molecule has 0 saturated carbocycles. The molecule has 0 spiro atoms. The molecule has 2 aromatic carbocycles. The summed E-state index contributed by atoms with van der Waals surface area (Å²) in [5.41, 5.74) is 2.91. The quantitative estimate of drug-likeness (QED) is 0.343. The number of Topliss-reactive ketones (excluding diaryl/α,β-unsaturated/α-hetero) is 1. The van der Waals surface area contributed by atoms with Crippen molar-refractivity contribution >= 4 is 29.1 Å². The third-order valence-electron chi connectivity index (χ3n) is 6.16. The lowest BCUT2D eigenvalue weighted by molar-refractivity contribution is -0.140. The van der Waals surface area contributed by atoms with Crippen LogP contribution in [0.4, 0.5) is 0 Å². The van der Waals surface area contributed by atoms with Crippen molar-refractivity contribution in [3.63, 3.8) is 0 Å². The highest BCUT2D eigenvalue weighted by molar-refractivity contribution is 6.46. The summed E-state index contributed by atoms with van der Waals surface area (Å²) >= 11 is 6.09. The van der Waals surface area contributed by atoms with E-state index in [-0.39, 0.29) is 11.3 Å². The van der Waals surface area contributed by atoms with E-state index in [9.17, 15) is 14.7 Å². The molecule has 0 aliphatic carbocycles. The maximum Gasteiger partial charge on any atom is 0.295 e. The van der Waals surface area contributed by atoms with Crippen molar-refractivity contribution < 1.29 is 19.4 Å². The molecular formula is C26H31ClN2O4. The van der Waals surface area contributed by atoms with Gasteiger partial charge < -0.3 is 19.6 Å². The van der Waals surface area contributed by atoms with Gasteiger partial charge in [0.15, 0.2) is 0 Å². The van der Waals surface area contributed by atoms with Crippen LogP contribution in [0.1, 0.15) is 42.1 Å². The molecule has 176 valence electrons. The number of aliphatic hydroxyl groups excluding tert-OH is 1. The Morgan fingerprint density at radius 1 is 1.12 bits per heavy atom. The third-order valence-corrected chi connectivity index (χ3v) is 6.41. The molecule has 1 unspecified atom stereocenters. The van der Waals surface area contributed by atoms with Gasteiger partial charge in [-0.2, -0.15) is 0 Å². The molecule has 1 heterocycles. The number of halogens is 1. The summed E-state index contributed by atoms with van der Waals surface area (Å²) in [6, 6.07) is 10.0. The first-order valence-electron chi connectivity index (χ1n) is 11.1. The number of rotatable bonds is 8. The van der Waals surface area contributed by atoms with Gasteiger partial charge >= 0.3 is 0 Å². The van der Waals surface area contributed by atoms with Crippen molar-refractivity contribution in [2.24, 2.45) is 0 Å². The van der Waals surface area contributed by atoms with Crippen LogP contribution in [0, 0.1) is 13.8 Å². The van der Waals surface area contributed by atoms with Crippen molar-refractivity contribution in [1.29, 1.82) is 0 Å². The summed E-state index contributed by atoms with van der Waals surface area (Å²) in [6.07, 6.45) is 0. The Bertz CT molecular complexity index is 1070. The molecule has 0 radical (unpaired) electrons. The molecule has 6 nitrogen and oxygen atoms in total. The number of aliphatic hydroxyl groups is 1. The van der Waals surface area contributed by atoms with Crippen LogP contribution in [0.5, 0.6) is 5.75 Å². The number of ketones is 1. The van der Waals surface area contributed by atoms with Crippen LogP contribution in [0.2, 0.25) is 5.02 Å². The Balaban J connectivity index is 2.19. The summed E-state index contributed by atoms with van der Waals surface area (Å²) in [6.45, 7) is 10.6. The van der Waals surface area contributed by atoms with Gasteiger partial charge in [-0.15, -0.1) is 0 Å². The average Bonchev–Trinajstić information content (AvgIpc) is 3.04. The number of hydrogen-bond donors (Lipinski definition) is 1. The Kier molecular flexibility index (Phi) is 7.82. The van der Waals surface area contributed by atoms with Crippen LogP contribution in [-0.4, -0.2) is 59.9 Å². The lowest BCUT2D eigenvalue weighted by atomic mass is 9.93. The first kappa shape index (κ1) is 24.8. The molecule has 1 N–H and O–H groups in total. The van der Waals surface area contributed by atoms with Crippen LogP contribution in [0.3, 0.4) is 0 Å². The van der Waals surface area contributed by atoms with Crippen LogP contribution in [0.15, 0.2) is 42.0 Å². The molecule has 0 aromatic heterocycles. The van der Waals surface area contributed by atoms with Gasteiger partial charge in [-0.05, 0) is 61.8 Å². The van der Waals surface area contributed by atoms with E-state index in [0.29, 0.717) is 35.0 Å². The summed E-state index contributed by atoms with van der Waals surface area (Å²) < 4.78 is 5.54. The molecule has 1 saturated heterocycles. The van der Waals surface area contributed by atoms with E-state index in [0.717, 1.165) is 24.2 Å². The van der Waals surface area contributed by atoms with Crippen molar-refractivity contribution in [2.45, 2.75) is 33.7 Å². The number of methoxy groups -OCH3 is 1. The van der Waals surface area contributed by atoms with Gasteiger partial charge in [0.2, 0.25) is 0 Å². The highest BCUT2D eigenvalue weighted by Crippen LogP contribution is 2.41. The number of nitrogens with zero attached hydrogens (tertiary/aromatic N) is 2. The molecule has 1 amide bonds. The summed E-state index contributed by atoms with van der Waals surface area (Å²) in [5.74, 6) is -1.08. The van der Waals surface area contributed by atoms with E-state index in [2.05, 4.69) is 18.7 Å². The second-order valence-corrected chi connectivity index (χ2v) is 8.67. The minimum atomic E-state index is -0.719. The second-order valence-electron chi connectivity index (χ2n) is 8.23. The van der Waals surface area contributed by atoms with Crippen molar-refractivity contribution in [2.75, 3.05) is 33.3 Å². The number of hydrogen-bond acceptors (Lipinski definition) is 5. The van der Waals surface area contributed by atoms with E-state index >= 15 is 0 Å². The minimum Gasteiger partial charge on any atom is -0.507 e. The van der Waals surface area contributed by atoms with E-state index in [4.69, 9.17) is 16.3 Å². The SMILES string of the molecule is CCN(CC)CCN1C(=O)C(=O)/C(=C(/O)c2cc(C)cc(C)c2OC)C1c1ccc(Cl)cc1. The standard InChI is InChI=1S/C26H31ClN2O4/c1-6-28(7-2)12-13-29-22(18-8-10-19(27)11-9-18)21(24(31)26(29)32)23(30)20-15-16(3)14-17(4)25(20)33-5/h8-11,14-15,22,30H,6-7,12-13H2,1-5H3/b23-21+. The van der Waals surface area contributed by atoms with Crippen molar-refractivity contribution in [3.8, 4) is 5.75 Å². The molecule has 1 aliphatic rings. The zero-order valence-corrected chi connectivity index (χ0v) is 20.6. The predicted octanol–water partition coefficient (Wildman–Crippen LogP) is 4.73. The molecule has 1 aliphatic heterocycles. The number of amides is 1. The highest BCUT2D eigenvalue weighted by Gasteiger charge is 2.46. The third kappa shape index (κ3) is 4.92. The number of carbonyl (C=O) groups excluding carboxylic acids is 2. The number of carbonyl (C=O) groups is 2. The highest BCUT2D eigenvalue weighted by atomic mass is 35.5. The van der Waals surface area contributed by atoms with Gasteiger partial charge in [-0.1, -0.05) is 43.6 Å². The first-order valence-corrected chi connectivity index (χ1v) is 11.5. The van der Waals surface area contributed by atoms with E-state index in [1.54, 1.807) is 35.2 Å². The molecular weight excluding hydrogens is 440 g/mol. The summed E-state index contributed by atoms with van der Waals surface area (Å²) in [4.78, 5) is 30.1. The fourth-order valence-corrected chi connectivity index (χ4v) is 4.56. The van der Waals surface area contributed by atoms with E-state index < -0.39 is 17.7 Å². The van der Waals surface area contributed by atoms with Gasteiger partial charge in [0.05, 0.1) is 24.3 Å². The summed E-state index contributed by atoms with van der Waals surface area (Å²) in [7, 11) is 1.52. The van der Waals surface area contributed by atoms with Gasteiger partial charge in [-0.25, -0.2) is 0 Å². The Morgan fingerprint density at radius 2 is 1.76 bits per heavy atom. The maximum atomic E-state index is 13.2. The first-order chi connectivity index (χ1) is 15.7. The van der Waals surface area contributed by atoms with Crippen LogP contribution in [0.25, 0.3) is 5.76 Å².